The molecule has 1 rings (SSSR count). The van der Waals surface area contributed by atoms with E-state index in [-0.39, 0.29) is 12.5 Å². The highest BCUT2D eigenvalue weighted by Gasteiger charge is 2.27. The molecule has 0 aliphatic heterocycles. The minimum absolute atomic E-state index is 0.213. The maximum Gasteiger partial charge on any atom is 0.294 e. The van der Waals surface area contributed by atoms with Crippen molar-refractivity contribution in [3.05, 3.63) is 0 Å². The van der Waals surface area contributed by atoms with Crippen LogP contribution in [0.3, 0.4) is 0 Å². The van der Waals surface area contributed by atoms with Gasteiger partial charge >= 0.3 is 0 Å². The van der Waals surface area contributed by atoms with Crippen LogP contribution in [0.1, 0.15) is 51.9 Å². The topological polar surface area (TPSA) is 63.6 Å². The van der Waals surface area contributed by atoms with Crippen molar-refractivity contribution < 1.29 is 17.7 Å². The molecule has 0 heterocycles. The van der Waals surface area contributed by atoms with E-state index in [1.54, 1.807) is 0 Å². The van der Waals surface area contributed by atoms with Crippen molar-refractivity contribution in [1.29, 1.82) is 0 Å². The average molecular weight is 236 g/mol. The monoisotopic (exact) mass is 236 g/mol. The van der Waals surface area contributed by atoms with E-state index in [2.05, 4.69) is 0 Å². The summed E-state index contributed by atoms with van der Waals surface area (Å²) in [6.45, 7) is 1.83. The van der Waals surface area contributed by atoms with Crippen molar-refractivity contribution in [1.82, 2.24) is 0 Å². The Kier molecular flexibility index (Phi) is 5.02. The van der Waals surface area contributed by atoms with Crippen molar-refractivity contribution >= 4 is 10.1 Å². The van der Waals surface area contributed by atoms with Gasteiger partial charge in [-0.2, -0.15) is 8.42 Å². The first kappa shape index (κ1) is 12.9. The number of rotatable bonds is 5. The second-order valence-electron chi connectivity index (χ2n) is 4.09. The molecule has 1 unspecified atom stereocenters. The van der Waals surface area contributed by atoms with Crippen molar-refractivity contribution in [2.75, 3.05) is 0 Å². The van der Waals surface area contributed by atoms with Gasteiger partial charge in [0.25, 0.3) is 10.1 Å². The van der Waals surface area contributed by atoms with Gasteiger partial charge in [-0.3, -0.25) is 4.18 Å². The Morgan fingerprint density at radius 1 is 1.33 bits per heavy atom. The number of aliphatic hydroxyl groups is 1. The Morgan fingerprint density at radius 3 is 2.47 bits per heavy atom. The van der Waals surface area contributed by atoms with Gasteiger partial charge in [-0.05, 0) is 19.3 Å². The standard InChI is InChI=1S/C10H20O4S/c1-2-6-10(11)15(12,13)14-9-7-4-3-5-8-9/h9-11H,2-8H2,1H3. The molecule has 0 amide bonds. The molecule has 0 aromatic rings. The van der Waals surface area contributed by atoms with E-state index in [4.69, 9.17) is 4.18 Å². The molecule has 0 radical (unpaired) electrons. The maximum atomic E-state index is 11.5. The molecule has 1 saturated carbocycles. The van der Waals surface area contributed by atoms with Gasteiger partial charge < -0.3 is 5.11 Å². The first-order valence-corrected chi connectivity index (χ1v) is 7.13. The Morgan fingerprint density at radius 2 is 1.93 bits per heavy atom. The molecule has 1 N–H and O–H groups in total. The fraction of sp³-hybridized carbons (Fsp3) is 1.00. The second-order valence-corrected chi connectivity index (χ2v) is 5.81. The van der Waals surface area contributed by atoms with E-state index in [1.165, 1.54) is 0 Å². The molecule has 15 heavy (non-hydrogen) atoms. The largest absolute Gasteiger partial charge is 0.375 e. The predicted octanol–water partition coefficient (Wildman–Crippen LogP) is 1.78. The summed E-state index contributed by atoms with van der Waals surface area (Å²) < 4.78 is 28.0. The fourth-order valence-electron chi connectivity index (χ4n) is 1.81. The molecular formula is C10H20O4S. The lowest BCUT2D eigenvalue weighted by Gasteiger charge is -2.22. The molecule has 0 spiro atoms. The third-order valence-electron chi connectivity index (χ3n) is 2.69. The van der Waals surface area contributed by atoms with Crippen LogP contribution in [0.4, 0.5) is 0 Å². The minimum atomic E-state index is -3.77. The lowest BCUT2D eigenvalue weighted by Crippen LogP contribution is -2.29. The Balaban J connectivity index is 2.47. The van der Waals surface area contributed by atoms with Gasteiger partial charge in [-0.25, -0.2) is 0 Å². The Hall–Kier alpha value is -0.130. The third-order valence-corrected chi connectivity index (χ3v) is 4.13. The van der Waals surface area contributed by atoms with Crippen LogP contribution in [-0.2, 0) is 14.3 Å². The Bertz CT molecular complexity index is 267. The van der Waals surface area contributed by atoms with E-state index >= 15 is 0 Å². The molecule has 5 heteroatoms. The van der Waals surface area contributed by atoms with Gasteiger partial charge in [0.2, 0.25) is 0 Å². The number of aliphatic hydroxyl groups excluding tert-OH is 1. The van der Waals surface area contributed by atoms with E-state index < -0.39 is 15.6 Å². The minimum Gasteiger partial charge on any atom is -0.375 e. The molecule has 0 aromatic heterocycles. The van der Waals surface area contributed by atoms with Crippen molar-refractivity contribution in [3.63, 3.8) is 0 Å². The molecule has 1 atom stereocenters. The van der Waals surface area contributed by atoms with Gasteiger partial charge in [0.05, 0.1) is 6.10 Å². The van der Waals surface area contributed by atoms with Crippen LogP contribution < -0.4 is 0 Å². The van der Waals surface area contributed by atoms with E-state index in [1.807, 2.05) is 6.92 Å². The van der Waals surface area contributed by atoms with Crippen molar-refractivity contribution in [3.8, 4) is 0 Å². The smallest absolute Gasteiger partial charge is 0.294 e. The summed E-state index contributed by atoms with van der Waals surface area (Å²) >= 11 is 0. The highest BCUT2D eigenvalue weighted by molar-refractivity contribution is 7.87. The number of hydrogen-bond acceptors (Lipinski definition) is 4. The van der Waals surface area contributed by atoms with Crippen LogP contribution in [-0.4, -0.2) is 25.1 Å². The average Bonchev–Trinajstić information content (AvgIpc) is 2.19. The van der Waals surface area contributed by atoms with Crippen LogP contribution in [0.5, 0.6) is 0 Å². The van der Waals surface area contributed by atoms with Crippen LogP contribution >= 0.6 is 0 Å². The van der Waals surface area contributed by atoms with E-state index in [0.717, 1.165) is 32.1 Å². The van der Waals surface area contributed by atoms with Crippen LogP contribution in [0.2, 0.25) is 0 Å². The summed E-state index contributed by atoms with van der Waals surface area (Å²) in [6, 6.07) is 0. The van der Waals surface area contributed by atoms with Gasteiger partial charge in [-0.1, -0.05) is 32.6 Å². The molecular weight excluding hydrogens is 216 g/mol. The van der Waals surface area contributed by atoms with Gasteiger partial charge in [-0.15, -0.1) is 0 Å². The number of hydrogen-bond donors (Lipinski definition) is 1. The van der Waals surface area contributed by atoms with Crippen molar-refractivity contribution in [2.24, 2.45) is 0 Å². The molecule has 90 valence electrons. The summed E-state index contributed by atoms with van der Waals surface area (Å²) in [4.78, 5) is 0. The van der Waals surface area contributed by atoms with E-state index in [9.17, 15) is 13.5 Å². The summed E-state index contributed by atoms with van der Waals surface area (Å²) in [5.41, 5.74) is -1.36. The molecule has 1 aliphatic carbocycles. The van der Waals surface area contributed by atoms with Crippen LogP contribution in [0.15, 0.2) is 0 Å². The molecule has 1 fully saturated rings. The fourth-order valence-corrected chi connectivity index (χ4v) is 3.03. The Labute approximate surface area is 91.8 Å². The quantitative estimate of drug-likeness (QED) is 0.739. The molecule has 1 aliphatic rings. The first-order valence-electron chi connectivity index (χ1n) is 5.66. The summed E-state index contributed by atoms with van der Waals surface area (Å²) in [6.07, 6.45) is 5.43. The van der Waals surface area contributed by atoms with Crippen LogP contribution in [0.25, 0.3) is 0 Å². The van der Waals surface area contributed by atoms with Gasteiger partial charge in [0.15, 0.2) is 5.44 Å². The summed E-state index contributed by atoms with van der Waals surface area (Å²) in [5.74, 6) is 0. The maximum absolute atomic E-state index is 11.5. The lowest BCUT2D eigenvalue weighted by molar-refractivity contribution is 0.136. The first-order chi connectivity index (χ1) is 7.06. The van der Waals surface area contributed by atoms with E-state index in [0.29, 0.717) is 6.42 Å². The SMILES string of the molecule is CCCC(O)S(=O)(=O)OC1CCCCC1. The van der Waals surface area contributed by atoms with Gasteiger partial charge in [0.1, 0.15) is 0 Å². The summed E-state index contributed by atoms with van der Waals surface area (Å²) in [5, 5.41) is 9.39. The predicted molar refractivity (Wildman–Crippen MR) is 57.8 cm³/mol. The highest BCUT2D eigenvalue weighted by atomic mass is 32.2. The highest BCUT2D eigenvalue weighted by Crippen LogP contribution is 2.23. The zero-order chi connectivity index (χ0) is 11.3. The zero-order valence-electron chi connectivity index (χ0n) is 9.18. The zero-order valence-corrected chi connectivity index (χ0v) is 10.0. The molecule has 0 aromatic carbocycles. The summed E-state index contributed by atoms with van der Waals surface area (Å²) in [7, 11) is -3.77. The van der Waals surface area contributed by atoms with Gasteiger partial charge in [0, 0.05) is 0 Å². The normalized spacial score (nSPS) is 21.5. The molecule has 0 saturated heterocycles. The van der Waals surface area contributed by atoms with Crippen LogP contribution in [0, 0.1) is 0 Å². The molecule has 4 nitrogen and oxygen atoms in total. The molecule has 0 bridgehead atoms. The van der Waals surface area contributed by atoms with Crippen molar-refractivity contribution in [2.45, 2.75) is 63.4 Å². The third kappa shape index (κ3) is 4.09. The lowest BCUT2D eigenvalue weighted by atomic mass is 9.98. The second kappa shape index (κ2) is 5.82.